The SMILES string of the molecule is CC/C=C\C/C=C\C/C=C\C/C=C\C/C=C\CCCCCC(=O)N[C@@H](CCCCN)C(=O)O. The minimum atomic E-state index is -0.973. The summed E-state index contributed by atoms with van der Waals surface area (Å²) in [5.41, 5.74) is 5.43. The first kappa shape index (κ1) is 30.6. The lowest BCUT2D eigenvalue weighted by Crippen LogP contribution is -2.40. The third kappa shape index (κ3) is 22.6. The van der Waals surface area contributed by atoms with Crippen molar-refractivity contribution in [2.75, 3.05) is 6.54 Å². The van der Waals surface area contributed by atoms with E-state index in [-0.39, 0.29) is 5.91 Å². The van der Waals surface area contributed by atoms with Crippen molar-refractivity contribution < 1.29 is 14.7 Å². The van der Waals surface area contributed by atoms with E-state index in [4.69, 9.17) is 5.73 Å². The van der Waals surface area contributed by atoms with Gasteiger partial charge in [0.15, 0.2) is 0 Å². The summed E-state index contributed by atoms with van der Waals surface area (Å²) in [4.78, 5) is 23.2. The van der Waals surface area contributed by atoms with Crippen LogP contribution in [0.2, 0.25) is 0 Å². The highest BCUT2D eigenvalue weighted by Gasteiger charge is 2.18. The zero-order valence-electron chi connectivity index (χ0n) is 20.6. The van der Waals surface area contributed by atoms with E-state index >= 15 is 0 Å². The molecule has 0 aromatic heterocycles. The number of carboxylic acids is 1. The predicted molar refractivity (Wildman–Crippen MR) is 140 cm³/mol. The molecular formula is C28H46N2O3. The first-order valence-electron chi connectivity index (χ1n) is 12.6. The maximum atomic E-state index is 11.9. The van der Waals surface area contributed by atoms with E-state index in [1.165, 1.54) is 0 Å². The monoisotopic (exact) mass is 458 g/mol. The van der Waals surface area contributed by atoms with Crippen molar-refractivity contribution in [2.24, 2.45) is 5.73 Å². The van der Waals surface area contributed by atoms with Crippen LogP contribution in [-0.4, -0.2) is 29.6 Å². The van der Waals surface area contributed by atoms with Crippen LogP contribution < -0.4 is 11.1 Å². The average Bonchev–Trinajstić information content (AvgIpc) is 2.80. The average molecular weight is 459 g/mol. The Balaban J connectivity index is 3.68. The summed E-state index contributed by atoms with van der Waals surface area (Å²) < 4.78 is 0. The van der Waals surface area contributed by atoms with Crippen LogP contribution in [0.1, 0.15) is 90.4 Å². The van der Waals surface area contributed by atoms with Gasteiger partial charge in [-0.25, -0.2) is 4.79 Å². The van der Waals surface area contributed by atoms with Gasteiger partial charge in [-0.05, 0) is 77.2 Å². The third-order valence-electron chi connectivity index (χ3n) is 5.01. The molecule has 1 atom stereocenters. The van der Waals surface area contributed by atoms with E-state index in [1.807, 2.05) is 0 Å². The fourth-order valence-corrected chi connectivity index (χ4v) is 3.11. The molecule has 4 N–H and O–H groups in total. The smallest absolute Gasteiger partial charge is 0.326 e. The highest BCUT2D eigenvalue weighted by molar-refractivity contribution is 5.83. The lowest BCUT2D eigenvalue weighted by atomic mass is 10.1. The molecule has 0 aliphatic rings. The minimum Gasteiger partial charge on any atom is -0.480 e. The Morgan fingerprint density at radius 2 is 1.30 bits per heavy atom. The molecule has 0 aliphatic carbocycles. The number of carbonyl (C=O) groups excluding carboxylic acids is 1. The van der Waals surface area contributed by atoms with E-state index in [1.54, 1.807) is 0 Å². The number of carboxylic acid groups (broad SMARTS) is 1. The molecular weight excluding hydrogens is 412 g/mol. The fourth-order valence-electron chi connectivity index (χ4n) is 3.11. The molecule has 0 radical (unpaired) electrons. The van der Waals surface area contributed by atoms with Gasteiger partial charge in [0.05, 0.1) is 0 Å². The molecule has 1 amide bonds. The number of amides is 1. The van der Waals surface area contributed by atoms with Crippen LogP contribution in [0.15, 0.2) is 60.8 Å². The van der Waals surface area contributed by atoms with E-state index < -0.39 is 12.0 Å². The van der Waals surface area contributed by atoms with E-state index in [9.17, 15) is 14.7 Å². The Hall–Kier alpha value is -2.40. The summed E-state index contributed by atoms with van der Waals surface area (Å²) in [6.07, 6.45) is 33.0. The fraction of sp³-hybridized carbons (Fsp3) is 0.571. The second-order valence-corrected chi connectivity index (χ2v) is 8.05. The van der Waals surface area contributed by atoms with Crippen LogP contribution >= 0.6 is 0 Å². The summed E-state index contributed by atoms with van der Waals surface area (Å²) in [5.74, 6) is -1.15. The summed E-state index contributed by atoms with van der Waals surface area (Å²) in [6, 6.07) is -0.801. The molecule has 0 fully saturated rings. The van der Waals surface area contributed by atoms with Crippen molar-refractivity contribution in [1.29, 1.82) is 0 Å². The zero-order valence-corrected chi connectivity index (χ0v) is 20.6. The molecule has 0 unspecified atom stereocenters. The predicted octanol–water partition coefficient (Wildman–Crippen LogP) is 6.39. The molecule has 5 nitrogen and oxygen atoms in total. The molecule has 0 saturated heterocycles. The number of rotatable bonds is 21. The zero-order chi connectivity index (χ0) is 24.4. The molecule has 186 valence electrons. The van der Waals surface area contributed by atoms with Gasteiger partial charge in [0.25, 0.3) is 0 Å². The Labute approximate surface area is 201 Å². The number of unbranched alkanes of at least 4 members (excludes halogenated alkanes) is 4. The van der Waals surface area contributed by atoms with Gasteiger partial charge in [0.1, 0.15) is 6.04 Å². The number of nitrogens with two attached hydrogens (primary N) is 1. The standard InChI is InChI=1S/C28H46N2O3/c1-2-3-4-5-6-7-8-9-10-11-12-13-14-15-16-17-18-19-20-24-27(31)30-26(28(32)33)23-21-22-25-29/h3-4,6-7,9-10,12-13,15-16,26H,2,5,8,11,14,17-25,29H2,1H3,(H,30,31)(H,32,33)/b4-3-,7-6-,10-9-,13-12-,16-15-/t26-/m0/s1. The van der Waals surface area contributed by atoms with Gasteiger partial charge in [-0.3, -0.25) is 4.79 Å². The van der Waals surface area contributed by atoms with E-state index in [0.717, 1.165) is 64.2 Å². The molecule has 0 bridgehead atoms. The Kier molecular flexibility index (Phi) is 22.5. The van der Waals surface area contributed by atoms with Crippen LogP contribution in [0.4, 0.5) is 0 Å². The van der Waals surface area contributed by atoms with Crippen molar-refractivity contribution >= 4 is 11.9 Å². The van der Waals surface area contributed by atoms with Gasteiger partial charge in [0, 0.05) is 6.42 Å². The van der Waals surface area contributed by atoms with Gasteiger partial charge < -0.3 is 16.2 Å². The number of aliphatic carboxylic acids is 1. The topological polar surface area (TPSA) is 92.4 Å². The summed E-state index contributed by atoms with van der Waals surface area (Å²) in [5, 5.41) is 11.8. The van der Waals surface area contributed by atoms with Crippen LogP contribution in [0, 0.1) is 0 Å². The quantitative estimate of drug-likeness (QED) is 0.137. The Bertz CT molecular complexity index is 633. The molecule has 0 heterocycles. The maximum Gasteiger partial charge on any atom is 0.326 e. The molecule has 0 rings (SSSR count). The largest absolute Gasteiger partial charge is 0.480 e. The number of hydrogen-bond acceptors (Lipinski definition) is 3. The maximum absolute atomic E-state index is 11.9. The number of carbonyl (C=O) groups is 2. The van der Waals surface area contributed by atoms with Gasteiger partial charge in [-0.1, -0.05) is 74.1 Å². The summed E-state index contributed by atoms with van der Waals surface area (Å²) >= 11 is 0. The number of nitrogens with one attached hydrogen (secondary N) is 1. The van der Waals surface area contributed by atoms with Crippen molar-refractivity contribution in [1.82, 2.24) is 5.32 Å². The minimum absolute atomic E-state index is 0.176. The molecule has 5 heteroatoms. The first-order valence-corrected chi connectivity index (χ1v) is 12.6. The Morgan fingerprint density at radius 3 is 1.82 bits per heavy atom. The number of allylic oxidation sites excluding steroid dienone is 10. The van der Waals surface area contributed by atoms with Crippen LogP contribution in [0.3, 0.4) is 0 Å². The highest BCUT2D eigenvalue weighted by atomic mass is 16.4. The van der Waals surface area contributed by atoms with Crippen LogP contribution in [0.25, 0.3) is 0 Å². The summed E-state index contributed by atoms with van der Waals surface area (Å²) in [7, 11) is 0. The molecule has 0 spiro atoms. The van der Waals surface area contributed by atoms with E-state index in [2.05, 4.69) is 73.0 Å². The highest BCUT2D eigenvalue weighted by Crippen LogP contribution is 2.06. The van der Waals surface area contributed by atoms with Crippen molar-refractivity contribution in [3.05, 3.63) is 60.8 Å². The van der Waals surface area contributed by atoms with Gasteiger partial charge >= 0.3 is 5.97 Å². The molecule has 0 aromatic rings. The normalized spacial score (nSPS) is 13.3. The first-order chi connectivity index (χ1) is 16.1. The molecule has 0 aromatic carbocycles. The van der Waals surface area contributed by atoms with Gasteiger partial charge in [0.2, 0.25) is 5.91 Å². The second-order valence-electron chi connectivity index (χ2n) is 8.05. The Morgan fingerprint density at radius 1 is 0.758 bits per heavy atom. The van der Waals surface area contributed by atoms with Crippen molar-refractivity contribution in [3.63, 3.8) is 0 Å². The third-order valence-corrected chi connectivity index (χ3v) is 5.01. The van der Waals surface area contributed by atoms with Crippen molar-refractivity contribution in [3.8, 4) is 0 Å². The lowest BCUT2D eigenvalue weighted by molar-refractivity contribution is -0.142. The number of hydrogen-bond donors (Lipinski definition) is 3. The second kappa shape index (κ2) is 24.2. The van der Waals surface area contributed by atoms with Gasteiger partial charge in [-0.15, -0.1) is 0 Å². The molecule has 0 aliphatic heterocycles. The summed E-state index contributed by atoms with van der Waals surface area (Å²) in [6.45, 7) is 2.69. The lowest BCUT2D eigenvalue weighted by Gasteiger charge is -2.14. The molecule has 33 heavy (non-hydrogen) atoms. The van der Waals surface area contributed by atoms with Crippen LogP contribution in [-0.2, 0) is 9.59 Å². The van der Waals surface area contributed by atoms with E-state index in [0.29, 0.717) is 25.8 Å². The molecule has 0 saturated carbocycles. The van der Waals surface area contributed by atoms with Crippen LogP contribution in [0.5, 0.6) is 0 Å². The van der Waals surface area contributed by atoms with Crippen molar-refractivity contribution in [2.45, 2.75) is 96.4 Å². The van der Waals surface area contributed by atoms with Gasteiger partial charge in [-0.2, -0.15) is 0 Å².